The van der Waals surface area contributed by atoms with Crippen LogP contribution in [0.5, 0.6) is 0 Å². The first-order valence-electron chi connectivity index (χ1n) is 5.34. The van der Waals surface area contributed by atoms with Crippen molar-refractivity contribution in [2.75, 3.05) is 0 Å². The summed E-state index contributed by atoms with van der Waals surface area (Å²) in [6.45, 7) is 6.53. The molecule has 1 N–H and O–H groups in total. The van der Waals surface area contributed by atoms with Gasteiger partial charge >= 0.3 is 5.97 Å². The molecule has 0 aromatic carbocycles. The summed E-state index contributed by atoms with van der Waals surface area (Å²) in [7, 11) is 0. The Morgan fingerprint density at radius 1 is 1.29 bits per heavy atom. The third kappa shape index (κ3) is 2.86. The van der Waals surface area contributed by atoms with E-state index in [0.29, 0.717) is 0 Å². The normalized spacial score (nSPS) is 18.5. The molecule has 0 amide bonds. The van der Waals surface area contributed by atoms with Crippen molar-refractivity contribution in [1.29, 1.82) is 0 Å². The van der Waals surface area contributed by atoms with Crippen LogP contribution in [0, 0.1) is 5.41 Å². The fourth-order valence-corrected chi connectivity index (χ4v) is 2.25. The Labute approximate surface area is 86.0 Å². The number of carbonyl (C=O) groups is 1. The molecule has 0 radical (unpaired) electrons. The molecule has 2 heteroatoms. The Hall–Kier alpha value is -0.790. The van der Waals surface area contributed by atoms with Gasteiger partial charge in [0.25, 0.3) is 0 Å². The second-order valence-electron chi connectivity index (χ2n) is 5.11. The summed E-state index contributed by atoms with van der Waals surface area (Å²) in [5, 5.41) is 8.82. The van der Waals surface area contributed by atoms with Crippen molar-refractivity contribution in [2.45, 2.75) is 52.9 Å². The summed E-state index contributed by atoms with van der Waals surface area (Å²) < 4.78 is 0. The van der Waals surface area contributed by atoms with Crippen LogP contribution in [-0.2, 0) is 4.79 Å². The topological polar surface area (TPSA) is 37.3 Å². The van der Waals surface area contributed by atoms with E-state index in [4.69, 9.17) is 5.11 Å². The van der Waals surface area contributed by atoms with Gasteiger partial charge in [0.05, 0.1) is 6.42 Å². The predicted molar refractivity (Wildman–Crippen MR) is 57.2 cm³/mol. The molecule has 0 bridgehead atoms. The highest BCUT2D eigenvalue weighted by Crippen LogP contribution is 2.38. The number of hydrogen-bond acceptors (Lipinski definition) is 1. The monoisotopic (exact) mass is 196 g/mol. The van der Waals surface area contributed by atoms with Crippen LogP contribution in [0.25, 0.3) is 0 Å². The van der Waals surface area contributed by atoms with E-state index in [1.165, 1.54) is 17.6 Å². The molecule has 0 aromatic heterocycles. The molecule has 0 spiro atoms. The van der Waals surface area contributed by atoms with E-state index in [-0.39, 0.29) is 11.8 Å². The largest absolute Gasteiger partial charge is 0.481 e. The second-order valence-corrected chi connectivity index (χ2v) is 5.11. The molecule has 0 heterocycles. The molecular formula is C12H20O2. The van der Waals surface area contributed by atoms with Crippen molar-refractivity contribution in [1.82, 2.24) is 0 Å². The zero-order valence-electron chi connectivity index (χ0n) is 9.39. The maximum Gasteiger partial charge on any atom is 0.307 e. The lowest BCUT2D eigenvalue weighted by atomic mass is 9.76. The van der Waals surface area contributed by atoms with Gasteiger partial charge in [-0.25, -0.2) is 0 Å². The molecule has 1 aliphatic rings. The number of rotatable bonds is 2. The van der Waals surface area contributed by atoms with E-state index in [1.807, 2.05) is 0 Å². The third-order valence-electron chi connectivity index (χ3n) is 2.85. The highest BCUT2D eigenvalue weighted by atomic mass is 16.4. The minimum atomic E-state index is -0.691. The highest BCUT2D eigenvalue weighted by Gasteiger charge is 2.24. The van der Waals surface area contributed by atoms with Crippen LogP contribution in [0.1, 0.15) is 52.9 Å². The molecule has 0 saturated carbocycles. The predicted octanol–water partition coefficient (Wildman–Crippen LogP) is 3.38. The fourth-order valence-electron chi connectivity index (χ4n) is 2.25. The number of aliphatic carboxylic acids is 1. The molecule has 80 valence electrons. The minimum absolute atomic E-state index is 0.144. The van der Waals surface area contributed by atoms with Gasteiger partial charge in [0, 0.05) is 0 Å². The SMILES string of the molecule is CC(C)(C)C1=C(CC(=O)O)CCCC1. The molecule has 0 fully saturated rings. The van der Waals surface area contributed by atoms with Gasteiger partial charge < -0.3 is 5.11 Å². The van der Waals surface area contributed by atoms with Crippen LogP contribution >= 0.6 is 0 Å². The van der Waals surface area contributed by atoms with Gasteiger partial charge in [0.2, 0.25) is 0 Å². The Kier molecular flexibility index (Phi) is 3.35. The van der Waals surface area contributed by atoms with Gasteiger partial charge in [-0.3, -0.25) is 4.79 Å². The Balaban J connectivity index is 2.91. The third-order valence-corrected chi connectivity index (χ3v) is 2.85. The smallest absolute Gasteiger partial charge is 0.307 e. The summed E-state index contributed by atoms with van der Waals surface area (Å²) >= 11 is 0. The highest BCUT2D eigenvalue weighted by molar-refractivity contribution is 5.70. The van der Waals surface area contributed by atoms with Crippen molar-refractivity contribution in [2.24, 2.45) is 5.41 Å². The van der Waals surface area contributed by atoms with E-state index in [1.54, 1.807) is 0 Å². The number of carboxylic acid groups (broad SMARTS) is 1. The summed E-state index contributed by atoms with van der Waals surface area (Å²) in [5.41, 5.74) is 2.70. The lowest BCUT2D eigenvalue weighted by Crippen LogP contribution is -2.16. The van der Waals surface area contributed by atoms with Crippen LogP contribution in [-0.4, -0.2) is 11.1 Å². The molecule has 2 nitrogen and oxygen atoms in total. The molecule has 1 aliphatic carbocycles. The summed E-state index contributed by atoms with van der Waals surface area (Å²) in [6, 6.07) is 0. The molecular weight excluding hydrogens is 176 g/mol. The number of allylic oxidation sites excluding steroid dienone is 1. The van der Waals surface area contributed by atoms with Crippen LogP contribution in [0.3, 0.4) is 0 Å². The van der Waals surface area contributed by atoms with Crippen LogP contribution in [0.15, 0.2) is 11.1 Å². The maximum absolute atomic E-state index is 10.7. The van der Waals surface area contributed by atoms with Gasteiger partial charge in [0.15, 0.2) is 0 Å². The Morgan fingerprint density at radius 2 is 1.86 bits per heavy atom. The van der Waals surface area contributed by atoms with Gasteiger partial charge in [-0.2, -0.15) is 0 Å². The molecule has 0 aromatic rings. The first-order valence-corrected chi connectivity index (χ1v) is 5.34. The van der Waals surface area contributed by atoms with Gasteiger partial charge in [-0.15, -0.1) is 0 Å². The van der Waals surface area contributed by atoms with Gasteiger partial charge in [0.1, 0.15) is 0 Å². The molecule has 1 rings (SSSR count). The lowest BCUT2D eigenvalue weighted by molar-refractivity contribution is -0.136. The summed E-state index contributed by atoms with van der Waals surface area (Å²) in [5.74, 6) is -0.691. The van der Waals surface area contributed by atoms with E-state index in [2.05, 4.69) is 20.8 Å². The lowest BCUT2D eigenvalue weighted by Gasteiger charge is -2.30. The van der Waals surface area contributed by atoms with Crippen LogP contribution in [0.4, 0.5) is 0 Å². The van der Waals surface area contributed by atoms with Crippen molar-refractivity contribution in [3.05, 3.63) is 11.1 Å². The van der Waals surface area contributed by atoms with Crippen LogP contribution < -0.4 is 0 Å². The summed E-state index contributed by atoms with van der Waals surface area (Å²) in [4.78, 5) is 10.7. The van der Waals surface area contributed by atoms with Crippen molar-refractivity contribution < 1.29 is 9.90 Å². The van der Waals surface area contributed by atoms with E-state index in [9.17, 15) is 4.79 Å². The first kappa shape index (κ1) is 11.3. The molecule has 0 aliphatic heterocycles. The van der Waals surface area contributed by atoms with Crippen molar-refractivity contribution in [3.8, 4) is 0 Å². The standard InChI is InChI=1S/C12H20O2/c1-12(2,3)10-7-5-4-6-9(10)8-11(13)14/h4-8H2,1-3H3,(H,13,14). The van der Waals surface area contributed by atoms with E-state index >= 15 is 0 Å². The minimum Gasteiger partial charge on any atom is -0.481 e. The quantitative estimate of drug-likeness (QED) is 0.687. The average molecular weight is 196 g/mol. The first-order chi connectivity index (χ1) is 6.41. The van der Waals surface area contributed by atoms with Gasteiger partial charge in [-0.05, 0) is 31.1 Å². The van der Waals surface area contributed by atoms with Crippen LogP contribution in [0.2, 0.25) is 0 Å². The van der Waals surface area contributed by atoms with Gasteiger partial charge in [-0.1, -0.05) is 31.9 Å². The maximum atomic E-state index is 10.7. The van der Waals surface area contributed by atoms with E-state index in [0.717, 1.165) is 19.3 Å². The fraction of sp³-hybridized carbons (Fsp3) is 0.750. The average Bonchev–Trinajstić information content (AvgIpc) is 2.01. The van der Waals surface area contributed by atoms with E-state index < -0.39 is 5.97 Å². The number of carboxylic acids is 1. The van der Waals surface area contributed by atoms with Crippen molar-refractivity contribution in [3.63, 3.8) is 0 Å². The number of hydrogen-bond donors (Lipinski definition) is 1. The van der Waals surface area contributed by atoms with Crippen molar-refractivity contribution >= 4 is 5.97 Å². The molecule has 0 saturated heterocycles. The molecule has 0 atom stereocenters. The summed E-state index contributed by atoms with van der Waals surface area (Å²) in [6.07, 6.45) is 4.69. The molecule has 0 unspecified atom stereocenters. The molecule has 14 heavy (non-hydrogen) atoms. The second kappa shape index (κ2) is 4.16. The Bertz CT molecular complexity index is 256. The zero-order valence-corrected chi connectivity index (χ0v) is 9.39. The zero-order chi connectivity index (χ0) is 10.8. The Morgan fingerprint density at radius 3 is 2.36 bits per heavy atom.